The summed E-state index contributed by atoms with van der Waals surface area (Å²) in [6, 6.07) is 1.96. The van der Waals surface area contributed by atoms with E-state index >= 15 is 0 Å². The Morgan fingerprint density at radius 1 is 1.26 bits per heavy atom. The largest absolute Gasteiger partial charge is 0.475 e. The molecule has 0 saturated heterocycles. The molecule has 1 aromatic heterocycles. The lowest BCUT2D eigenvalue weighted by Crippen LogP contribution is -2.38. The van der Waals surface area contributed by atoms with Crippen molar-refractivity contribution in [3.63, 3.8) is 0 Å². The van der Waals surface area contributed by atoms with Gasteiger partial charge in [0.2, 0.25) is 10.9 Å². The van der Waals surface area contributed by atoms with Gasteiger partial charge < -0.3 is 14.6 Å². The smallest absolute Gasteiger partial charge is 0.371 e. The Kier molecular flexibility index (Phi) is 3.93. The average Bonchev–Trinajstić information content (AvgIpc) is 2.82. The Labute approximate surface area is 110 Å². The number of rotatable bonds is 4. The number of carboxylic acid groups (broad SMARTS) is 1. The second-order valence-electron chi connectivity index (χ2n) is 4.55. The van der Waals surface area contributed by atoms with Crippen molar-refractivity contribution >= 4 is 16.0 Å². The first-order valence-corrected chi connectivity index (χ1v) is 7.40. The Balaban J connectivity index is 2.07. The minimum absolute atomic E-state index is 0.258. The van der Waals surface area contributed by atoms with Gasteiger partial charge in [0.25, 0.3) is 10.0 Å². The van der Waals surface area contributed by atoms with Crippen LogP contribution in [0.4, 0.5) is 0 Å². The van der Waals surface area contributed by atoms with Crippen LogP contribution in [-0.4, -0.2) is 36.7 Å². The minimum Gasteiger partial charge on any atom is -0.475 e. The summed E-state index contributed by atoms with van der Waals surface area (Å²) in [5.74, 6) is -1.73. The predicted octanol–water partition coefficient (Wildman–Crippen LogP) is 0.560. The number of furan rings is 1. The summed E-state index contributed by atoms with van der Waals surface area (Å²) >= 11 is 0. The van der Waals surface area contributed by atoms with Crippen molar-refractivity contribution in [2.75, 3.05) is 0 Å². The fourth-order valence-electron chi connectivity index (χ4n) is 2.05. The molecule has 19 heavy (non-hydrogen) atoms. The van der Waals surface area contributed by atoms with Gasteiger partial charge in [-0.15, -0.1) is 0 Å². The highest BCUT2D eigenvalue weighted by Crippen LogP contribution is 2.21. The number of aliphatic hydroxyl groups excluding tert-OH is 1. The molecular weight excluding hydrogens is 274 g/mol. The third-order valence-corrected chi connectivity index (χ3v) is 4.47. The number of aromatic carboxylic acids is 1. The van der Waals surface area contributed by atoms with Crippen LogP contribution in [0.2, 0.25) is 0 Å². The van der Waals surface area contributed by atoms with Gasteiger partial charge >= 0.3 is 5.97 Å². The van der Waals surface area contributed by atoms with Crippen LogP contribution < -0.4 is 4.72 Å². The van der Waals surface area contributed by atoms with Crippen molar-refractivity contribution in [3.05, 3.63) is 17.9 Å². The van der Waals surface area contributed by atoms with Crippen LogP contribution >= 0.6 is 0 Å². The molecule has 3 N–H and O–H groups in total. The van der Waals surface area contributed by atoms with Gasteiger partial charge in [0.05, 0.1) is 6.10 Å². The number of sulfonamides is 1. The summed E-state index contributed by atoms with van der Waals surface area (Å²) in [4.78, 5) is 10.6. The molecule has 1 aliphatic rings. The summed E-state index contributed by atoms with van der Waals surface area (Å²) in [5, 5.41) is 17.6. The molecule has 8 heteroatoms. The topological polar surface area (TPSA) is 117 Å². The summed E-state index contributed by atoms with van der Waals surface area (Å²) in [5.41, 5.74) is 0. The molecule has 0 bridgehead atoms. The quantitative estimate of drug-likeness (QED) is 0.745. The zero-order chi connectivity index (χ0) is 14.0. The Morgan fingerprint density at radius 3 is 2.42 bits per heavy atom. The molecule has 7 nitrogen and oxygen atoms in total. The maximum Gasteiger partial charge on any atom is 0.371 e. The van der Waals surface area contributed by atoms with Crippen molar-refractivity contribution in [1.82, 2.24) is 4.72 Å². The van der Waals surface area contributed by atoms with E-state index in [0.29, 0.717) is 25.7 Å². The predicted molar refractivity (Wildman–Crippen MR) is 64.3 cm³/mol. The molecular formula is C11H15NO6S. The van der Waals surface area contributed by atoms with Crippen LogP contribution in [0.1, 0.15) is 36.2 Å². The number of hydrogen-bond acceptors (Lipinski definition) is 5. The molecule has 1 fully saturated rings. The highest BCUT2D eigenvalue weighted by molar-refractivity contribution is 7.89. The van der Waals surface area contributed by atoms with E-state index in [2.05, 4.69) is 4.72 Å². The molecule has 0 atom stereocenters. The Bertz CT molecular complexity index is 555. The van der Waals surface area contributed by atoms with E-state index in [1.807, 2.05) is 0 Å². The molecule has 0 aromatic carbocycles. The van der Waals surface area contributed by atoms with Gasteiger partial charge in [-0.1, -0.05) is 0 Å². The van der Waals surface area contributed by atoms with E-state index < -0.39 is 26.8 Å². The maximum absolute atomic E-state index is 12.0. The van der Waals surface area contributed by atoms with Crippen LogP contribution in [-0.2, 0) is 10.0 Å². The van der Waals surface area contributed by atoms with E-state index in [1.54, 1.807) is 0 Å². The maximum atomic E-state index is 12.0. The summed E-state index contributed by atoms with van der Waals surface area (Å²) < 4.78 is 31.1. The number of carbonyl (C=O) groups is 1. The highest BCUT2D eigenvalue weighted by atomic mass is 32.2. The van der Waals surface area contributed by atoms with Crippen molar-refractivity contribution in [1.29, 1.82) is 0 Å². The first-order valence-electron chi connectivity index (χ1n) is 5.92. The molecule has 0 radical (unpaired) electrons. The van der Waals surface area contributed by atoms with Crippen LogP contribution in [0.5, 0.6) is 0 Å². The van der Waals surface area contributed by atoms with Crippen molar-refractivity contribution < 1.29 is 27.8 Å². The molecule has 1 aliphatic carbocycles. The molecule has 106 valence electrons. The van der Waals surface area contributed by atoms with Crippen LogP contribution in [0, 0.1) is 0 Å². The standard InChI is InChI=1S/C11H15NO6S/c13-8-3-1-7(2-4-8)12-19(16,17)10-6-5-9(18-10)11(14)15/h5-8,12-13H,1-4H2,(H,14,15). The van der Waals surface area contributed by atoms with Gasteiger partial charge in [-0.2, -0.15) is 0 Å². The number of nitrogens with one attached hydrogen (secondary N) is 1. The van der Waals surface area contributed by atoms with E-state index in [1.165, 1.54) is 0 Å². The molecule has 1 heterocycles. The molecule has 0 aliphatic heterocycles. The van der Waals surface area contributed by atoms with Gasteiger partial charge in [-0.05, 0) is 37.8 Å². The minimum atomic E-state index is -3.85. The van der Waals surface area contributed by atoms with Crippen molar-refractivity contribution in [2.24, 2.45) is 0 Å². The van der Waals surface area contributed by atoms with E-state index in [0.717, 1.165) is 12.1 Å². The lowest BCUT2D eigenvalue weighted by atomic mass is 9.94. The molecule has 1 aromatic rings. The van der Waals surface area contributed by atoms with Gasteiger partial charge in [-0.3, -0.25) is 0 Å². The molecule has 0 spiro atoms. The molecule has 1 saturated carbocycles. The summed E-state index contributed by atoms with van der Waals surface area (Å²) in [6.45, 7) is 0. The normalized spacial score (nSPS) is 24.3. The molecule has 0 unspecified atom stereocenters. The van der Waals surface area contributed by atoms with Gasteiger partial charge in [0.1, 0.15) is 0 Å². The monoisotopic (exact) mass is 289 g/mol. The van der Waals surface area contributed by atoms with Crippen LogP contribution in [0.15, 0.2) is 21.6 Å². The van der Waals surface area contributed by atoms with Crippen molar-refractivity contribution in [2.45, 2.75) is 42.9 Å². The first-order chi connectivity index (χ1) is 8.88. The third-order valence-electron chi connectivity index (χ3n) is 3.08. The van der Waals surface area contributed by atoms with Crippen LogP contribution in [0.25, 0.3) is 0 Å². The lowest BCUT2D eigenvalue weighted by Gasteiger charge is -2.25. The second kappa shape index (κ2) is 5.32. The number of carboxylic acids is 1. The van der Waals surface area contributed by atoms with Gasteiger partial charge in [0.15, 0.2) is 0 Å². The molecule has 0 amide bonds. The van der Waals surface area contributed by atoms with E-state index in [4.69, 9.17) is 9.52 Å². The van der Waals surface area contributed by atoms with Gasteiger partial charge in [-0.25, -0.2) is 17.9 Å². The average molecular weight is 289 g/mol. The van der Waals surface area contributed by atoms with Crippen molar-refractivity contribution in [3.8, 4) is 0 Å². The second-order valence-corrected chi connectivity index (χ2v) is 6.20. The fourth-order valence-corrected chi connectivity index (χ4v) is 3.29. The first kappa shape index (κ1) is 14.0. The Hall–Kier alpha value is -1.38. The SMILES string of the molecule is O=C(O)c1ccc(S(=O)(=O)NC2CCC(O)CC2)o1. The lowest BCUT2D eigenvalue weighted by molar-refractivity contribution is 0.0656. The van der Waals surface area contributed by atoms with Crippen LogP contribution in [0.3, 0.4) is 0 Å². The molecule has 2 rings (SSSR count). The van der Waals surface area contributed by atoms with E-state index in [-0.39, 0.29) is 12.1 Å². The zero-order valence-corrected chi connectivity index (χ0v) is 10.9. The highest BCUT2D eigenvalue weighted by Gasteiger charge is 2.27. The van der Waals surface area contributed by atoms with E-state index in [9.17, 15) is 18.3 Å². The fraction of sp³-hybridized carbons (Fsp3) is 0.545. The number of hydrogen-bond donors (Lipinski definition) is 3. The number of aliphatic hydroxyl groups is 1. The summed E-state index contributed by atoms with van der Waals surface area (Å²) in [6.07, 6.45) is 1.82. The van der Waals surface area contributed by atoms with Gasteiger partial charge in [0, 0.05) is 6.04 Å². The zero-order valence-electron chi connectivity index (χ0n) is 10.1. The third kappa shape index (κ3) is 3.34. The Morgan fingerprint density at radius 2 is 1.89 bits per heavy atom. The summed E-state index contributed by atoms with van der Waals surface area (Å²) in [7, 11) is -3.85.